The standard InChI is InChI=1S/C27H32N4O3/c1-5-33-22-7-6-8-23(17-22)34-18-27(32)31-13-11-30(12-14-31)26-10-9-25(28-29-26)24-16-20(3)19(2)15-21(24)4/h6-10,15-17H,5,11-14,18H2,1-4H3. The first-order valence-corrected chi connectivity index (χ1v) is 11.7. The molecule has 2 aromatic carbocycles. The van der Waals surface area contributed by atoms with Gasteiger partial charge in [0.15, 0.2) is 12.4 Å². The van der Waals surface area contributed by atoms with Crippen molar-refractivity contribution in [3.05, 3.63) is 65.2 Å². The number of hydrogen-bond acceptors (Lipinski definition) is 6. The number of nitrogens with zero attached hydrogens (tertiary/aromatic N) is 4. The molecule has 0 radical (unpaired) electrons. The van der Waals surface area contributed by atoms with Gasteiger partial charge in [-0.15, -0.1) is 10.2 Å². The lowest BCUT2D eigenvalue weighted by molar-refractivity contribution is -0.133. The minimum Gasteiger partial charge on any atom is -0.494 e. The SMILES string of the molecule is CCOc1cccc(OCC(=O)N2CCN(c3ccc(-c4cc(C)c(C)cc4C)nn3)CC2)c1. The molecule has 2 heterocycles. The maximum atomic E-state index is 12.6. The molecule has 3 aromatic rings. The van der Waals surface area contributed by atoms with Crippen LogP contribution >= 0.6 is 0 Å². The third-order valence-electron chi connectivity index (χ3n) is 6.20. The van der Waals surface area contributed by atoms with E-state index in [9.17, 15) is 4.79 Å². The van der Waals surface area contributed by atoms with Crippen LogP contribution in [0.15, 0.2) is 48.5 Å². The van der Waals surface area contributed by atoms with Crippen LogP contribution in [0, 0.1) is 20.8 Å². The lowest BCUT2D eigenvalue weighted by atomic mass is 9.99. The Labute approximate surface area is 201 Å². The van der Waals surface area contributed by atoms with Gasteiger partial charge < -0.3 is 19.3 Å². The van der Waals surface area contributed by atoms with E-state index in [1.54, 1.807) is 6.07 Å². The van der Waals surface area contributed by atoms with E-state index in [0.29, 0.717) is 38.5 Å². The molecule has 0 N–H and O–H groups in total. The van der Waals surface area contributed by atoms with Gasteiger partial charge in [-0.3, -0.25) is 4.79 Å². The summed E-state index contributed by atoms with van der Waals surface area (Å²) < 4.78 is 11.2. The van der Waals surface area contributed by atoms with Crippen molar-refractivity contribution in [1.29, 1.82) is 0 Å². The molecule has 178 valence electrons. The van der Waals surface area contributed by atoms with Gasteiger partial charge in [0.05, 0.1) is 12.3 Å². The Morgan fingerprint density at radius 2 is 1.56 bits per heavy atom. The average molecular weight is 461 g/mol. The molecule has 0 aliphatic carbocycles. The number of carbonyl (C=O) groups is 1. The van der Waals surface area contributed by atoms with Gasteiger partial charge in [0.2, 0.25) is 0 Å². The second kappa shape index (κ2) is 10.5. The van der Waals surface area contributed by atoms with Gasteiger partial charge in [0.25, 0.3) is 5.91 Å². The van der Waals surface area contributed by atoms with Crippen LogP contribution in [0.2, 0.25) is 0 Å². The van der Waals surface area contributed by atoms with Crippen molar-refractivity contribution in [2.45, 2.75) is 27.7 Å². The number of amides is 1. The van der Waals surface area contributed by atoms with Crippen molar-refractivity contribution in [2.75, 3.05) is 44.3 Å². The molecule has 4 rings (SSSR count). The summed E-state index contributed by atoms with van der Waals surface area (Å²) in [6.45, 7) is 11.5. The summed E-state index contributed by atoms with van der Waals surface area (Å²) in [5.74, 6) is 2.18. The molecular formula is C27H32N4O3. The summed E-state index contributed by atoms with van der Waals surface area (Å²) in [7, 11) is 0. The van der Waals surface area contributed by atoms with Gasteiger partial charge in [0.1, 0.15) is 11.5 Å². The Morgan fingerprint density at radius 3 is 2.24 bits per heavy atom. The van der Waals surface area contributed by atoms with Crippen molar-refractivity contribution in [3.63, 3.8) is 0 Å². The molecule has 7 heteroatoms. The van der Waals surface area contributed by atoms with E-state index in [0.717, 1.165) is 22.8 Å². The molecule has 1 aliphatic rings. The fraction of sp³-hybridized carbons (Fsp3) is 0.370. The van der Waals surface area contributed by atoms with E-state index in [-0.39, 0.29) is 12.5 Å². The number of piperazine rings is 1. The summed E-state index contributed by atoms with van der Waals surface area (Å²) in [4.78, 5) is 16.6. The van der Waals surface area contributed by atoms with Crippen LogP contribution in [0.3, 0.4) is 0 Å². The number of aryl methyl sites for hydroxylation is 3. The molecule has 0 spiro atoms. The number of aromatic nitrogens is 2. The summed E-state index contributed by atoms with van der Waals surface area (Å²) in [5, 5.41) is 8.97. The Kier molecular flexibility index (Phi) is 7.30. The number of benzene rings is 2. The van der Waals surface area contributed by atoms with E-state index in [2.05, 4.69) is 48.0 Å². The van der Waals surface area contributed by atoms with E-state index in [1.165, 1.54) is 16.7 Å². The van der Waals surface area contributed by atoms with Crippen LogP contribution in [0.25, 0.3) is 11.3 Å². The molecule has 0 unspecified atom stereocenters. The van der Waals surface area contributed by atoms with Crippen LogP contribution in [-0.2, 0) is 4.79 Å². The van der Waals surface area contributed by atoms with Crippen molar-refractivity contribution in [1.82, 2.24) is 15.1 Å². The van der Waals surface area contributed by atoms with E-state index < -0.39 is 0 Å². The first-order chi connectivity index (χ1) is 16.4. The van der Waals surface area contributed by atoms with Crippen LogP contribution in [0.5, 0.6) is 11.5 Å². The lowest BCUT2D eigenvalue weighted by Crippen LogP contribution is -2.50. The van der Waals surface area contributed by atoms with Crippen molar-refractivity contribution >= 4 is 11.7 Å². The summed E-state index contributed by atoms with van der Waals surface area (Å²) in [5.41, 5.74) is 5.72. The van der Waals surface area contributed by atoms with Crippen molar-refractivity contribution in [3.8, 4) is 22.8 Å². The molecule has 1 amide bonds. The third kappa shape index (κ3) is 5.47. The molecule has 1 aromatic heterocycles. The van der Waals surface area contributed by atoms with Crippen molar-refractivity contribution < 1.29 is 14.3 Å². The Balaban J connectivity index is 1.31. The Hall–Kier alpha value is -3.61. The largest absolute Gasteiger partial charge is 0.494 e. The number of ether oxygens (including phenoxy) is 2. The summed E-state index contributed by atoms with van der Waals surface area (Å²) in [6.07, 6.45) is 0. The van der Waals surface area contributed by atoms with Gasteiger partial charge in [0, 0.05) is 37.8 Å². The van der Waals surface area contributed by atoms with Crippen LogP contribution in [-0.4, -0.2) is 60.4 Å². The highest BCUT2D eigenvalue weighted by Crippen LogP contribution is 2.26. The normalized spacial score (nSPS) is 13.6. The smallest absolute Gasteiger partial charge is 0.260 e. The molecule has 34 heavy (non-hydrogen) atoms. The van der Waals surface area contributed by atoms with E-state index >= 15 is 0 Å². The molecule has 0 saturated carbocycles. The summed E-state index contributed by atoms with van der Waals surface area (Å²) >= 11 is 0. The van der Waals surface area contributed by atoms with Crippen molar-refractivity contribution in [2.24, 2.45) is 0 Å². The highest BCUT2D eigenvalue weighted by molar-refractivity contribution is 5.78. The fourth-order valence-corrected chi connectivity index (χ4v) is 4.12. The maximum Gasteiger partial charge on any atom is 0.260 e. The molecule has 7 nitrogen and oxygen atoms in total. The Morgan fingerprint density at radius 1 is 0.853 bits per heavy atom. The lowest BCUT2D eigenvalue weighted by Gasteiger charge is -2.35. The van der Waals surface area contributed by atoms with Gasteiger partial charge in [-0.1, -0.05) is 12.1 Å². The minimum absolute atomic E-state index is 0.0133. The molecule has 0 atom stereocenters. The van der Waals surface area contributed by atoms with Crippen LogP contribution in [0.4, 0.5) is 5.82 Å². The molecule has 1 aliphatic heterocycles. The predicted molar refractivity (Wildman–Crippen MR) is 134 cm³/mol. The van der Waals surface area contributed by atoms with Gasteiger partial charge in [-0.2, -0.15) is 0 Å². The average Bonchev–Trinajstić information content (AvgIpc) is 2.85. The van der Waals surface area contributed by atoms with E-state index in [4.69, 9.17) is 9.47 Å². The first kappa shape index (κ1) is 23.5. The zero-order chi connectivity index (χ0) is 24.1. The number of rotatable bonds is 7. The monoisotopic (exact) mass is 460 g/mol. The third-order valence-corrected chi connectivity index (χ3v) is 6.20. The number of carbonyl (C=O) groups excluding carboxylic acids is 1. The van der Waals surface area contributed by atoms with Crippen LogP contribution in [0.1, 0.15) is 23.6 Å². The molecule has 1 saturated heterocycles. The summed E-state index contributed by atoms with van der Waals surface area (Å²) in [6, 6.07) is 15.8. The highest BCUT2D eigenvalue weighted by atomic mass is 16.5. The van der Waals surface area contributed by atoms with Gasteiger partial charge in [-0.05, 0) is 74.7 Å². The predicted octanol–water partition coefficient (Wildman–Crippen LogP) is 4.20. The zero-order valence-corrected chi connectivity index (χ0v) is 20.4. The first-order valence-electron chi connectivity index (χ1n) is 11.7. The molecule has 1 fully saturated rings. The fourth-order valence-electron chi connectivity index (χ4n) is 4.12. The highest BCUT2D eigenvalue weighted by Gasteiger charge is 2.22. The van der Waals surface area contributed by atoms with Crippen LogP contribution < -0.4 is 14.4 Å². The maximum absolute atomic E-state index is 12.6. The number of hydrogen-bond donors (Lipinski definition) is 0. The topological polar surface area (TPSA) is 67.8 Å². The minimum atomic E-state index is -0.0203. The quantitative estimate of drug-likeness (QED) is 0.527. The zero-order valence-electron chi connectivity index (χ0n) is 20.4. The number of anilines is 1. The van der Waals surface area contributed by atoms with Gasteiger partial charge in [-0.25, -0.2) is 0 Å². The molecule has 0 bridgehead atoms. The van der Waals surface area contributed by atoms with Gasteiger partial charge >= 0.3 is 0 Å². The Bertz CT molecular complexity index is 1140. The second-order valence-electron chi connectivity index (χ2n) is 8.59. The van der Waals surface area contributed by atoms with E-state index in [1.807, 2.05) is 42.2 Å². The molecular weight excluding hydrogens is 428 g/mol. The second-order valence-corrected chi connectivity index (χ2v) is 8.59.